The monoisotopic (exact) mass is 383 g/mol. The van der Waals surface area contributed by atoms with Gasteiger partial charge in [0.25, 0.3) is 5.91 Å². The highest BCUT2D eigenvalue weighted by atomic mass is 32.2. The molecular formula is C18H17N5O3S. The molecule has 1 amide bonds. The van der Waals surface area contributed by atoms with Crippen molar-refractivity contribution in [2.24, 2.45) is 12.1 Å². The predicted molar refractivity (Wildman–Crippen MR) is 103 cm³/mol. The number of benzene rings is 2. The minimum Gasteiger partial charge on any atom is -0.508 e. The predicted octanol–water partition coefficient (Wildman–Crippen LogP) is 2.14. The van der Waals surface area contributed by atoms with Crippen LogP contribution in [0.1, 0.15) is 5.56 Å². The van der Waals surface area contributed by atoms with Crippen LogP contribution in [0, 0.1) is 0 Å². The zero-order chi connectivity index (χ0) is 19.2. The third-order valence-electron chi connectivity index (χ3n) is 3.61. The fourth-order valence-corrected chi connectivity index (χ4v) is 2.96. The first-order valence-corrected chi connectivity index (χ1v) is 8.94. The molecule has 0 aliphatic rings. The molecule has 0 spiro atoms. The quantitative estimate of drug-likeness (QED) is 0.341. The fraction of sp³-hybridized carbons (Fsp3) is 0.111. The average Bonchev–Trinajstić information content (AvgIpc) is 3.03. The van der Waals surface area contributed by atoms with Crippen molar-refractivity contribution < 1.29 is 15.0 Å². The highest BCUT2D eigenvalue weighted by Gasteiger charge is 2.12. The molecule has 0 aliphatic carbocycles. The smallest absolute Gasteiger partial charge is 0.250 e. The molecule has 8 nitrogen and oxygen atoms in total. The number of hydrazone groups is 1. The van der Waals surface area contributed by atoms with E-state index in [0.717, 1.165) is 11.4 Å². The van der Waals surface area contributed by atoms with Crippen LogP contribution in [0.5, 0.6) is 11.5 Å². The molecular weight excluding hydrogens is 366 g/mol. The van der Waals surface area contributed by atoms with E-state index in [9.17, 15) is 15.0 Å². The molecule has 3 N–H and O–H groups in total. The molecule has 1 heterocycles. The normalized spacial score (nSPS) is 11.0. The van der Waals surface area contributed by atoms with E-state index in [-0.39, 0.29) is 23.2 Å². The van der Waals surface area contributed by atoms with E-state index < -0.39 is 0 Å². The van der Waals surface area contributed by atoms with E-state index >= 15 is 0 Å². The van der Waals surface area contributed by atoms with Gasteiger partial charge in [-0.3, -0.25) is 4.79 Å². The maximum Gasteiger partial charge on any atom is 0.250 e. The summed E-state index contributed by atoms with van der Waals surface area (Å²) in [5.74, 6) is 0.330. The van der Waals surface area contributed by atoms with Crippen LogP contribution in [0.3, 0.4) is 0 Å². The van der Waals surface area contributed by atoms with Crippen molar-refractivity contribution in [1.82, 2.24) is 20.2 Å². The van der Waals surface area contributed by atoms with Crippen LogP contribution in [-0.4, -0.2) is 42.9 Å². The van der Waals surface area contributed by atoms with Crippen LogP contribution in [0.4, 0.5) is 0 Å². The summed E-state index contributed by atoms with van der Waals surface area (Å²) in [5, 5.41) is 31.6. The van der Waals surface area contributed by atoms with Crippen molar-refractivity contribution in [1.29, 1.82) is 0 Å². The Bertz CT molecular complexity index is 972. The second kappa shape index (κ2) is 8.37. The molecule has 27 heavy (non-hydrogen) atoms. The average molecular weight is 383 g/mol. The van der Waals surface area contributed by atoms with Crippen molar-refractivity contribution in [2.75, 3.05) is 5.75 Å². The lowest BCUT2D eigenvalue weighted by molar-refractivity contribution is -0.118. The number of phenols is 2. The first-order valence-electron chi connectivity index (χ1n) is 7.96. The molecule has 0 atom stereocenters. The lowest BCUT2D eigenvalue weighted by Crippen LogP contribution is -2.19. The first kappa shape index (κ1) is 18.5. The van der Waals surface area contributed by atoms with Gasteiger partial charge in [0.05, 0.1) is 12.0 Å². The number of phenolic OH excluding ortho intramolecular Hbond substituents is 2. The summed E-state index contributed by atoms with van der Waals surface area (Å²) in [6.07, 6.45) is 1.30. The molecule has 3 rings (SSSR count). The van der Waals surface area contributed by atoms with Crippen LogP contribution in [0.15, 0.2) is 58.8 Å². The topological polar surface area (TPSA) is 113 Å². The second-order valence-corrected chi connectivity index (χ2v) is 6.50. The van der Waals surface area contributed by atoms with E-state index in [1.54, 1.807) is 0 Å². The molecule has 0 saturated heterocycles. The number of hydrogen-bond donors (Lipinski definition) is 3. The first-order chi connectivity index (χ1) is 13.0. The van der Waals surface area contributed by atoms with Crippen molar-refractivity contribution in [3.8, 4) is 22.9 Å². The van der Waals surface area contributed by atoms with E-state index in [2.05, 4.69) is 20.7 Å². The van der Waals surface area contributed by atoms with Crippen LogP contribution >= 0.6 is 11.8 Å². The van der Waals surface area contributed by atoms with Gasteiger partial charge in [-0.2, -0.15) is 5.10 Å². The molecule has 0 bridgehead atoms. The lowest BCUT2D eigenvalue weighted by atomic mass is 10.2. The molecule has 0 unspecified atom stereocenters. The Morgan fingerprint density at radius 1 is 1.22 bits per heavy atom. The molecule has 0 fully saturated rings. The SMILES string of the molecule is Cn1c(SCC(=O)N/N=C\c2ccc(O)cc2O)nnc1-c1ccccc1. The van der Waals surface area contributed by atoms with E-state index in [0.29, 0.717) is 10.7 Å². The number of carbonyl (C=O) groups excluding carboxylic acids is 1. The Morgan fingerprint density at radius 2 is 2.00 bits per heavy atom. The molecule has 3 aromatic rings. The molecule has 0 saturated carbocycles. The number of hydrogen-bond acceptors (Lipinski definition) is 7. The number of amides is 1. The summed E-state index contributed by atoms with van der Waals surface area (Å²) < 4.78 is 1.82. The van der Waals surface area contributed by atoms with E-state index in [1.165, 1.54) is 36.2 Å². The summed E-state index contributed by atoms with van der Waals surface area (Å²) in [5.41, 5.74) is 3.70. The number of aromatic nitrogens is 3. The Hall–Kier alpha value is -3.33. The van der Waals surface area contributed by atoms with Crippen LogP contribution in [0.2, 0.25) is 0 Å². The van der Waals surface area contributed by atoms with Gasteiger partial charge in [0.2, 0.25) is 0 Å². The molecule has 1 aromatic heterocycles. The van der Waals surface area contributed by atoms with Crippen LogP contribution in [-0.2, 0) is 11.8 Å². The zero-order valence-electron chi connectivity index (χ0n) is 14.4. The minimum atomic E-state index is -0.321. The van der Waals surface area contributed by atoms with Crippen molar-refractivity contribution in [2.45, 2.75) is 5.16 Å². The molecule has 0 aliphatic heterocycles. The molecule has 2 aromatic carbocycles. The van der Waals surface area contributed by atoms with Gasteiger partial charge >= 0.3 is 0 Å². The molecule has 9 heteroatoms. The number of rotatable bonds is 6. The van der Waals surface area contributed by atoms with Gasteiger partial charge in [0.15, 0.2) is 11.0 Å². The standard InChI is InChI=1S/C18H17N5O3S/c1-23-17(12-5-3-2-4-6-12)21-22-18(23)27-11-16(26)20-19-10-13-7-8-14(24)9-15(13)25/h2-10,24-25H,11H2,1H3,(H,20,26)/b19-10-. The van der Waals surface area contributed by atoms with Gasteiger partial charge in [-0.05, 0) is 12.1 Å². The molecule has 138 valence electrons. The Balaban J connectivity index is 1.55. The number of thioether (sulfide) groups is 1. The third-order valence-corrected chi connectivity index (χ3v) is 4.63. The maximum absolute atomic E-state index is 11.9. The van der Waals surface area contributed by atoms with E-state index in [1.807, 2.05) is 41.9 Å². The Kier molecular flexibility index (Phi) is 5.72. The second-order valence-electron chi connectivity index (χ2n) is 5.56. The largest absolute Gasteiger partial charge is 0.508 e. The summed E-state index contributed by atoms with van der Waals surface area (Å²) in [6, 6.07) is 13.8. The number of aromatic hydroxyl groups is 2. The maximum atomic E-state index is 11.9. The van der Waals surface area contributed by atoms with Gasteiger partial charge < -0.3 is 14.8 Å². The van der Waals surface area contributed by atoms with Crippen molar-refractivity contribution >= 4 is 23.9 Å². The highest BCUT2D eigenvalue weighted by Crippen LogP contribution is 2.22. The van der Waals surface area contributed by atoms with Gasteiger partial charge in [0.1, 0.15) is 11.5 Å². The number of nitrogens with one attached hydrogen (secondary N) is 1. The van der Waals surface area contributed by atoms with E-state index in [4.69, 9.17) is 0 Å². The summed E-state index contributed by atoms with van der Waals surface area (Å²) in [4.78, 5) is 11.9. The lowest BCUT2D eigenvalue weighted by Gasteiger charge is -2.03. The number of nitrogens with zero attached hydrogens (tertiary/aromatic N) is 4. The summed E-state index contributed by atoms with van der Waals surface area (Å²) >= 11 is 1.24. The third kappa shape index (κ3) is 4.64. The Morgan fingerprint density at radius 3 is 2.74 bits per heavy atom. The summed E-state index contributed by atoms with van der Waals surface area (Å²) in [6.45, 7) is 0. The Labute approximate surface area is 159 Å². The number of carbonyl (C=O) groups is 1. The summed E-state index contributed by atoms with van der Waals surface area (Å²) in [7, 11) is 1.84. The highest BCUT2D eigenvalue weighted by molar-refractivity contribution is 7.99. The van der Waals surface area contributed by atoms with Crippen LogP contribution < -0.4 is 5.43 Å². The van der Waals surface area contributed by atoms with Crippen LogP contribution in [0.25, 0.3) is 11.4 Å². The van der Waals surface area contributed by atoms with Crippen molar-refractivity contribution in [3.05, 3.63) is 54.1 Å². The van der Waals surface area contributed by atoms with Gasteiger partial charge in [0, 0.05) is 24.2 Å². The van der Waals surface area contributed by atoms with Gasteiger partial charge in [-0.1, -0.05) is 42.1 Å². The van der Waals surface area contributed by atoms with Gasteiger partial charge in [-0.15, -0.1) is 10.2 Å². The fourth-order valence-electron chi connectivity index (χ4n) is 2.26. The van der Waals surface area contributed by atoms with Crippen molar-refractivity contribution in [3.63, 3.8) is 0 Å². The minimum absolute atomic E-state index is 0.0522. The zero-order valence-corrected chi connectivity index (χ0v) is 15.2. The molecule has 0 radical (unpaired) electrons. The van der Waals surface area contributed by atoms with Gasteiger partial charge in [-0.25, -0.2) is 5.43 Å².